The Bertz CT molecular complexity index is 2140. The molecular weight excluding hydrogens is 593 g/mol. The number of hydrogen-bond donors (Lipinski definition) is 0. The van der Waals surface area contributed by atoms with E-state index in [1.165, 1.54) is 24.5 Å². The van der Waals surface area contributed by atoms with Crippen LogP contribution >= 0.6 is 0 Å². The summed E-state index contributed by atoms with van der Waals surface area (Å²) in [5, 5.41) is 5.99. The molecule has 0 saturated carbocycles. The molecule has 0 fully saturated rings. The molecule has 0 bridgehead atoms. The fourth-order valence-corrected chi connectivity index (χ4v) is 8.53. The van der Waals surface area contributed by atoms with Gasteiger partial charge in [0.2, 0.25) is 11.7 Å². The molecule has 3 aromatic carbocycles. The first kappa shape index (κ1) is 29.6. The summed E-state index contributed by atoms with van der Waals surface area (Å²) >= 11 is 0. The number of hydrogen-bond acceptors (Lipinski definition) is 7. The summed E-state index contributed by atoms with van der Waals surface area (Å²) < 4.78 is 42.0. The molecule has 11 heteroatoms. The van der Waals surface area contributed by atoms with Crippen LogP contribution < -0.4 is 0 Å². The van der Waals surface area contributed by atoms with E-state index >= 15 is 0 Å². The van der Waals surface area contributed by atoms with Gasteiger partial charge in [-0.05, 0) is 65.7 Å². The van der Waals surface area contributed by atoms with Gasteiger partial charge in [-0.25, -0.2) is 9.78 Å². The Morgan fingerprint density at radius 2 is 1.68 bits per heavy atom. The third kappa shape index (κ3) is 4.76. The van der Waals surface area contributed by atoms with Crippen LogP contribution in [0.4, 0.5) is 0 Å². The standard InChI is InChI=1S/C33H34N4O5SSi/c1-7-41-32(38)30-21-34-31(42-30)26-18-22(19-29-27(26)20-35-37(29)43(39,40)23-12-9-8-10-13-23)24-14-11-15-28-25(24)16-17-36(28)44(5,6)33(2,3)4/h8-21H,7H2,1-6H3. The third-order valence-corrected chi connectivity index (χ3v) is 15.5. The van der Waals surface area contributed by atoms with Gasteiger partial charge in [-0.1, -0.05) is 64.2 Å². The van der Waals surface area contributed by atoms with Gasteiger partial charge in [-0.3, -0.25) is 0 Å². The number of benzene rings is 3. The van der Waals surface area contributed by atoms with Gasteiger partial charge in [0.05, 0.1) is 29.4 Å². The van der Waals surface area contributed by atoms with Crippen LogP contribution in [0.25, 0.3) is 44.4 Å². The fraction of sp³-hybridized carbons (Fsp3) is 0.242. The highest BCUT2D eigenvalue weighted by molar-refractivity contribution is 7.90. The van der Waals surface area contributed by atoms with Gasteiger partial charge in [-0.15, -0.1) is 0 Å². The lowest BCUT2D eigenvalue weighted by Gasteiger charge is -2.38. The van der Waals surface area contributed by atoms with Crippen LogP contribution in [0.5, 0.6) is 0 Å². The molecule has 0 N–H and O–H groups in total. The lowest BCUT2D eigenvalue weighted by molar-refractivity contribution is 0.0491. The fourth-order valence-electron chi connectivity index (χ4n) is 5.28. The molecule has 3 aromatic heterocycles. The maximum atomic E-state index is 13.8. The molecule has 0 atom stereocenters. The quantitative estimate of drug-likeness (QED) is 0.133. The van der Waals surface area contributed by atoms with E-state index in [2.05, 4.69) is 66.5 Å². The molecule has 3 heterocycles. The van der Waals surface area contributed by atoms with Crippen LogP contribution in [0.15, 0.2) is 94.6 Å². The van der Waals surface area contributed by atoms with E-state index in [0.29, 0.717) is 16.5 Å². The molecule has 0 aliphatic carbocycles. The van der Waals surface area contributed by atoms with Crippen LogP contribution in [-0.2, 0) is 14.8 Å². The first-order valence-corrected chi connectivity index (χ1v) is 18.8. The van der Waals surface area contributed by atoms with Crippen molar-refractivity contribution < 1.29 is 22.4 Å². The van der Waals surface area contributed by atoms with E-state index in [9.17, 15) is 13.2 Å². The van der Waals surface area contributed by atoms with Gasteiger partial charge >= 0.3 is 5.97 Å². The Kier molecular flexibility index (Phi) is 7.13. The van der Waals surface area contributed by atoms with Gasteiger partial charge < -0.3 is 13.4 Å². The number of rotatable bonds is 7. The molecule has 0 aliphatic rings. The molecule has 6 aromatic rings. The van der Waals surface area contributed by atoms with Crippen molar-refractivity contribution in [2.45, 2.75) is 50.7 Å². The van der Waals surface area contributed by atoms with Gasteiger partial charge in [0.1, 0.15) is 0 Å². The zero-order valence-electron chi connectivity index (χ0n) is 25.5. The average Bonchev–Trinajstić information content (AvgIpc) is 3.75. The number of aromatic nitrogens is 4. The van der Waals surface area contributed by atoms with Gasteiger partial charge in [0, 0.05) is 21.9 Å². The van der Waals surface area contributed by atoms with Crippen molar-refractivity contribution >= 4 is 46.0 Å². The summed E-state index contributed by atoms with van der Waals surface area (Å²) in [7, 11) is -5.97. The molecule has 44 heavy (non-hydrogen) atoms. The van der Waals surface area contributed by atoms with Crippen LogP contribution in [0.1, 0.15) is 38.2 Å². The van der Waals surface area contributed by atoms with Gasteiger partial charge in [0.15, 0.2) is 8.24 Å². The summed E-state index contributed by atoms with van der Waals surface area (Å²) in [5.74, 6) is -0.515. The predicted molar refractivity (Wildman–Crippen MR) is 174 cm³/mol. The van der Waals surface area contributed by atoms with Crippen LogP contribution in [0, 0.1) is 0 Å². The Hall–Kier alpha value is -4.48. The highest BCUT2D eigenvalue weighted by Gasteiger charge is 2.38. The molecule has 226 valence electrons. The molecular formula is C33H34N4O5SSi. The number of carbonyl (C=O) groups excluding carboxylic acids is 1. The van der Waals surface area contributed by atoms with Crippen molar-refractivity contribution in [3.63, 3.8) is 0 Å². The van der Waals surface area contributed by atoms with Crippen molar-refractivity contribution in [3.8, 4) is 22.6 Å². The minimum Gasteiger partial charge on any atom is -0.460 e. The van der Waals surface area contributed by atoms with Crippen molar-refractivity contribution in [1.29, 1.82) is 0 Å². The lowest BCUT2D eigenvalue weighted by atomic mass is 9.97. The summed E-state index contributed by atoms with van der Waals surface area (Å²) in [6, 6.07) is 20.2. The monoisotopic (exact) mass is 626 g/mol. The zero-order valence-corrected chi connectivity index (χ0v) is 27.3. The lowest BCUT2D eigenvalue weighted by Crippen LogP contribution is -2.44. The Labute approximate surface area is 257 Å². The van der Waals surface area contributed by atoms with Gasteiger partial charge in [0.25, 0.3) is 10.0 Å². The summed E-state index contributed by atoms with van der Waals surface area (Å²) in [4.78, 5) is 16.9. The van der Waals surface area contributed by atoms with E-state index in [1.807, 2.05) is 24.3 Å². The second-order valence-corrected chi connectivity index (χ2v) is 19.1. The summed E-state index contributed by atoms with van der Waals surface area (Å²) in [6.07, 6.45) is 4.96. The Morgan fingerprint density at radius 1 is 0.932 bits per heavy atom. The normalized spacial score (nSPS) is 12.7. The first-order valence-electron chi connectivity index (χ1n) is 14.4. The minimum absolute atomic E-state index is 0.0433. The molecule has 6 rings (SSSR count). The largest absolute Gasteiger partial charge is 0.460 e. The Balaban J connectivity index is 1.61. The number of fused-ring (bicyclic) bond motifs is 2. The van der Waals surface area contributed by atoms with Crippen LogP contribution in [0.2, 0.25) is 18.1 Å². The number of carbonyl (C=O) groups is 1. The summed E-state index contributed by atoms with van der Waals surface area (Å²) in [5.41, 5.74) is 3.65. The Morgan fingerprint density at radius 3 is 2.39 bits per heavy atom. The van der Waals surface area contributed by atoms with E-state index in [4.69, 9.17) is 9.15 Å². The number of oxazole rings is 1. The highest BCUT2D eigenvalue weighted by atomic mass is 32.2. The molecule has 0 saturated heterocycles. The highest BCUT2D eigenvalue weighted by Crippen LogP contribution is 2.42. The van der Waals surface area contributed by atoms with E-state index in [0.717, 1.165) is 26.1 Å². The zero-order chi connectivity index (χ0) is 31.4. The molecule has 0 radical (unpaired) electrons. The van der Waals surface area contributed by atoms with Crippen molar-refractivity contribution in [1.82, 2.24) is 18.4 Å². The third-order valence-electron chi connectivity index (χ3n) is 8.62. The number of ether oxygens (including phenoxy) is 1. The van der Waals surface area contributed by atoms with Crippen molar-refractivity contribution in [3.05, 3.63) is 91.1 Å². The van der Waals surface area contributed by atoms with Crippen molar-refractivity contribution in [2.75, 3.05) is 6.61 Å². The average molecular weight is 627 g/mol. The second kappa shape index (κ2) is 10.6. The summed E-state index contributed by atoms with van der Waals surface area (Å²) in [6.45, 7) is 13.5. The number of nitrogens with zero attached hydrogens (tertiary/aromatic N) is 4. The van der Waals surface area contributed by atoms with E-state index in [1.54, 1.807) is 25.1 Å². The van der Waals surface area contributed by atoms with E-state index < -0.39 is 24.2 Å². The molecule has 0 spiro atoms. The SMILES string of the molecule is CCOC(=O)c1cnc(-c2cc(-c3cccc4c3ccn4[Si](C)(C)C(C)(C)C)cc3c2cnn3S(=O)(=O)c2ccccc2)o1. The van der Waals surface area contributed by atoms with Crippen LogP contribution in [0.3, 0.4) is 0 Å². The molecule has 0 amide bonds. The second-order valence-electron chi connectivity index (χ2n) is 12.2. The maximum Gasteiger partial charge on any atom is 0.375 e. The van der Waals surface area contributed by atoms with Crippen LogP contribution in [-0.4, -0.2) is 47.6 Å². The minimum atomic E-state index is -4.03. The van der Waals surface area contributed by atoms with E-state index in [-0.39, 0.29) is 28.2 Å². The first-order chi connectivity index (χ1) is 20.8. The number of esters is 1. The molecule has 0 aliphatic heterocycles. The van der Waals surface area contributed by atoms with Gasteiger partial charge in [-0.2, -0.15) is 17.6 Å². The smallest absolute Gasteiger partial charge is 0.375 e. The van der Waals surface area contributed by atoms with Crippen molar-refractivity contribution in [2.24, 2.45) is 0 Å². The molecule has 0 unspecified atom stereocenters. The predicted octanol–water partition coefficient (Wildman–Crippen LogP) is 7.58. The molecule has 9 nitrogen and oxygen atoms in total. The topological polar surface area (TPSA) is 109 Å². The maximum absolute atomic E-state index is 13.8.